The van der Waals surface area contributed by atoms with Crippen LogP contribution in [-0.2, 0) is 0 Å². The fraction of sp³-hybridized carbons (Fsp3) is 0.474. The largest absolute Gasteiger partial charge is 0.543 e. The van der Waals surface area contributed by atoms with Gasteiger partial charge in [-0.2, -0.15) is 0 Å². The van der Waals surface area contributed by atoms with Crippen LogP contribution in [0, 0.1) is 0 Å². The fourth-order valence-electron chi connectivity index (χ4n) is 8.76. The van der Waals surface area contributed by atoms with Crippen molar-refractivity contribution in [3.63, 3.8) is 0 Å². The van der Waals surface area contributed by atoms with Gasteiger partial charge < -0.3 is 8.66 Å². The zero-order chi connectivity index (χ0) is 32.6. The van der Waals surface area contributed by atoms with Crippen molar-refractivity contribution < 1.29 is 9.22 Å². The van der Waals surface area contributed by atoms with Crippen molar-refractivity contribution in [1.82, 2.24) is 9.22 Å². The van der Waals surface area contributed by atoms with Crippen LogP contribution in [0.3, 0.4) is 0 Å². The van der Waals surface area contributed by atoms with Gasteiger partial charge in [-0.25, -0.2) is 0 Å². The number of carbonyl (C=O) groups excluding carboxylic acids is 1. The third kappa shape index (κ3) is 5.76. The number of aromatic nitrogens is 2. The number of hydrogen-bond donors (Lipinski definition) is 0. The van der Waals surface area contributed by atoms with Crippen molar-refractivity contribution in [1.29, 1.82) is 0 Å². The zero-order valence-corrected chi connectivity index (χ0v) is 31.1. The molecule has 4 rings (SSSR count). The molecule has 4 nitrogen and oxygen atoms in total. The third-order valence-corrected chi connectivity index (χ3v) is 23.1. The molecule has 236 valence electrons. The highest BCUT2D eigenvalue weighted by Gasteiger charge is 2.47. The minimum atomic E-state index is -2.26. The Morgan fingerprint density at radius 1 is 0.705 bits per heavy atom. The van der Waals surface area contributed by atoms with Gasteiger partial charge in [-0.15, -0.1) is 0 Å². The van der Waals surface area contributed by atoms with Crippen LogP contribution in [0.5, 0.6) is 5.75 Å². The van der Waals surface area contributed by atoms with Gasteiger partial charge in [-0.3, -0.25) is 9.78 Å². The number of hydrogen-bond acceptors (Lipinski definition) is 3. The molecule has 0 saturated heterocycles. The van der Waals surface area contributed by atoms with Gasteiger partial charge in [0.2, 0.25) is 0 Å². The number of benzene rings is 2. The highest BCUT2D eigenvalue weighted by atomic mass is 28.4. The number of fused-ring (bicyclic) bond motifs is 1. The molecule has 0 fully saturated rings. The predicted molar refractivity (Wildman–Crippen MR) is 193 cm³/mol. The van der Waals surface area contributed by atoms with E-state index in [2.05, 4.69) is 135 Å². The molecule has 0 atom stereocenters. The number of ketones is 1. The van der Waals surface area contributed by atoms with Gasteiger partial charge in [0.1, 0.15) is 5.75 Å². The van der Waals surface area contributed by atoms with E-state index in [1.165, 1.54) is 10.9 Å². The van der Waals surface area contributed by atoms with Gasteiger partial charge in [0, 0.05) is 34.4 Å². The molecule has 44 heavy (non-hydrogen) atoms. The van der Waals surface area contributed by atoms with Crippen LogP contribution >= 0.6 is 0 Å². The van der Waals surface area contributed by atoms with Crippen molar-refractivity contribution in [2.45, 2.75) is 116 Å². The van der Waals surface area contributed by atoms with E-state index in [1.807, 2.05) is 18.2 Å². The predicted octanol–water partition coefficient (Wildman–Crippen LogP) is 11.5. The van der Waals surface area contributed by atoms with Crippen LogP contribution in [0.4, 0.5) is 0 Å². The molecule has 0 unspecified atom stereocenters. The monoisotopic (exact) mass is 626 g/mol. The number of nitrogens with zero attached hydrogens (tertiary/aromatic N) is 2. The second-order valence-corrected chi connectivity index (χ2v) is 25.6. The SMILES string of the molecule is CC(C)[Si](Oc1cc(C(=O)c2cccnc2)cc(-c2cccc3c2ccn3[Si](C(C)C)(C(C)C)C(C)C)c1)(C(C)C)C(C)C. The van der Waals surface area contributed by atoms with Gasteiger partial charge in [-0.1, -0.05) is 95.2 Å². The first-order valence-corrected chi connectivity index (χ1v) is 20.9. The summed E-state index contributed by atoms with van der Waals surface area (Å²) in [6.07, 6.45) is 5.70. The Morgan fingerprint density at radius 3 is 1.84 bits per heavy atom. The molecule has 0 saturated carbocycles. The fourth-order valence-corrected chi connectivity index (χ4v) is 20.6. The third-order valence-electron chi connectivity index (χ3n) is 10.3. The van der Waals surface area contributed by atoms with Gasteiger partial charge in [0.15, 0.2) is 14.0 Å². The number of carbonyl (C=O) groups is 1. The van der Waals surface area contributed by atoms with Crippen LogP contribution in [0.2, 0.25) is 33.2 Å². The number of rotatable bonds is 12. The van der Waals surface area contributed by atoms with Crippen molar-refractivity contribution in [3.8, 4) is 16.9 Å². The summed E-state index contributed by atoms with van der Waals surface area (Å²) in [5.74, 6) is 0.760. The molecule has 0 bridgehead atoms. The molecule has 4 aromatic rings. The molecule has 0 aliphatic heterocycles. The minimum Gasteiger partial charge on any atom is -0.543 e. The molecule has 6 heteroatoms. The van der Waals surface area contributed by atoms with Gasteiger partial charge in [-0.05, 0) is 93.0 Å². The van der Waals surface area contributed by atoms with E-state index in [4.69, 9.17) is 4.43 Å². The highest BCUT2D eigenvalue weighted by molar-refractivity contribution is 6.82. The summed E-state index contributed by atoms with van der Waals surface area (Å²) in [6, 6.07) is 18.8. The molecule has 2 aromatic heterocycles. The van der Waals surface area contributed by atoms with E-state index in [9.17, 15) is 4.79 Å². The maximum atomic E-state index is 13.9. The topological polar surface area (TPSA) is 44.1 Å². The van der Waals surface area contributed by atoms with Crippen molar-refractivity contribution in [2.75, 3.05) is 0 Å². The molecule has 0 amide bonds. The maximum absolute atomic E-state index is 13.9. The van der Waals surface area contributed by atoms with Crippen LogP contribution in [0.1, 0.15) is 99.0 Å². The van der Waals surface area contributed by atoms with Crippen molar-refractivity contribution in [3.05, 3.63) is 84.3 Å². The van der Waals surface area contributed by atoms with Crippen molar-refractivity contribution in [2.24, 2.45) is 0 Å². The summed E-state index contributed by atoms with van der Waals surface area (Å²) in [5, 5.41) is 1.23. The first-order chi connectivity index (χ1) is 20.7. The van der Waals surface area contributed by atoms with Gasteiger partial charge in [0.05, 0.1) is 0 Å². The van der Waals surface area contributed by atoms with Crippen LogP contribution in [-0.4, -0.2) is 31.6 Å². The summed E-state index contributed by atoms with van der Waals surface area (Å²) < 4.78 is 9.88. The Bertz CT molecular complexity index is 1540. The Balaban J connectivity index is 1.99. The average Bonchev–Trinajstić information content (AvgIpc) is 3.39. The van der Waals surface area contributed by atoms with E-state index >= 15 is 0 Å². The molecular weight excluding hydrogens is 573 g/mol. The second kappa shape index (κ2) is 13.2. The van der Waals surface area contributed by atoms with Gasteiger partial charge >= 0.3 is 0 Å². The quantitative estimate of drug-likeness (QED) is 0.116. The highest BCUT2D eigenvalue weighted by Crippen LogP contribution is 2.46. The molecule has 0 N–H and O–H groups in total. The first-order valence-electron chi connectivity index (χ1n) is 16.6. The Labute approximate surface area is 268 Å². The normalized spacial score (nSPS) is 13.0. The molecular formula is C38H54N2O2Si2. The van der Waals surface area contributed by atoms with Crippen molar-refractivity contribution >= 4 is 33.2 Å². The summed E-state index contributed by atoms with van der Waals surface area (Å²) in [7, 11) is -4.22. The summed E-state index contributed by atoms with van der Waals surface area (Å²) >= 11 is 0. The summed E-state index contributed by atoms with van der Waals surface area (Å²) in [6.45, 7) is 28.3. The maximum Gasteiger partial charge on any atom is 0.258 e. The smallest absolute Gasteiger partial charge is 0.258 e. The lowest BCUT2D eigenvalue weighted by Gasteiger charge is -2.44. The van der Waals surface area contributed by atoms with Crippen LogP contribution < -0.4 is 4.43 Å². The van der Waals surface area contributed by atoms with E-state index in [0.29, 0.717) is 44.4 Å². The minimum absolute atomic E-state index is 0.0358. The van der Waals surface area contributed by atoms with Crippen LogP contribution in [0.25, 0.3) is 22.0 Å². The molecule has 0 radical (unpaired) electrons. The molecule has 0 aliphatic carbocycles. The standard InChI is InChI=1S/C38H54N2O2Si2/c1-25(2)43(26(3)4,27(5)6)40-20-18-36-35(16-13-17-37(36)40)32-21-33(38(41)31-15-14-19-39-24-31)23-34(22-32)42-44(28(7)8,29(9)10)30(11)12/h13-30H,1-12H3. The molecule has 0 aliphatic rings. The Kier molecular flexibility index (Phi) is 10.2. The van der Waals surface area contributed by atoms with Gasteiger partial charge in [0.25, 0.3) is 8.32 Å². The molecule has 2 heterocycles. The van der Waals surface area contributed by atoms with E-state index < -0.39 is 16.6 Å². The average molecular weight is 627 g/mol. The molecule has 0 spiro atoms. The second-order valence-electron chi connectivity index (χ2n) is 14.5. The number of pyridine rings is 1. The summed E-state index contributed by atoms with van der Waals surface area (Å²) in [5.41, 5.74) is 7.67. The van der Waals surface area contributed by atoms with E-state index in [0.717, 1.165) is 16.9 Å². The van der Waals surface area contributed by atoms with E-state index in [-0.39, 0.29) is 5.78 Å². The first kappa shape index (κ1) is 33.9. The van der Waals surface area contributed by atoms with E-state index in [1.54, 1.807) is 12.4 Å². The van der Waals surface area contributed by atoms with Crippen LogP contribution in [0.15, 0.2) is 73.2 Å². The summed E-state index contributed by atoms with van der Waals surface area (Å²) in [4.78, 5) is 18.1. The lowest BCUT2D eigenvalue weighted by Crippen LogP contribution is -2.51. The lowest BCUT2D eigenvalue weighted by molar-refractivity contribution is 0.103. The Morgan fingerprint density at radius 2 is 1.32 bits per heavy atom. The zero-order valence-electron chi connectivity index (χ0n) is 29.1. The Hall–Kier alpha value is -2.97. The molecule has 2 aromatic carbocycles. The lowest BCUT2D eigenvalue weighted by atomic mass is 9.96.